The minimum Gasteiger partial charge on any atom is -0.335 e. The molecule has 0 atom stereocenters. The number of thiazole rings is 1. The third-order valence-electron chi connectivity index (χ3n) is 5.01. The highest BCUT2D eigenvalue weighted by atomic mass is 32.2. The number of fused-ring (bicyclic) bond motifs is 1. The van der Waals surface area contributed by atoms with Gasteiger partial charge in [0, 0.05) is 19.2 Å². The van der Waals surface area contributed by atoms with Gasteiger partial charge in [-0.3, -0.25) is 14.2 Å². The molecule has 1 saturated heterocycles. The van der Waals surface area contributed by atoms with Crippen LogP contribution in [-0.4, -0.2) is 53.7 Å². The molecular formula is C21H18FN7O2S2. The highest BCUT2D eigenvalue weighted by molar-refractivity contribution is 7.99. The Balaban J connectivity index is 1.32. The van der Waals surface area contributed by atoms with Crippen LogP contribution < -0.4 is 5.32 Å². The first-order valence-corrected chi connectivity index (χ1v) is 12.0. The van der Waals surface area contributed by atoms with Crippen molar-refractivity contribution in [3.63, 3.8) is 0 Å². The van der Waals surface area contributed by atoms with Gasteiger partial charge in [-0.1, -0.05) is 29.2 Å². The number of anilines is 1. The molecule has 5 rings (SSSR count). The van der Waals surface area contributed by atoms with E-state index in [2.05, 4.69) is 25.5 Å². The molecule has 12 heteroatoms. The monoisotopic (exact) mass is 483 g/mol. The van der Waals surface area contributed by atoms with Crippen molar-refractivity contribution in [2.24, 2.45) is 0 Å². The van der Waals surface area contributed by atoms with Gasteiger partial charge in [-0.2, -0.15) is 0 Å². The van der Waals surface area contributed by atoms with E-state index in [-0.39, 0.29) is 23.4 Å². The Labute approximate surface area is 196 Å². The fourth-order valence-electron chi connectivity index (χ4n) is 3.49. The Morgan fingerprint density at radius 2 is 2.15 bits per heavy atom. The number of halogens is 1. The van der Waals surface area contributed by atoms with Gasteiger partial charge in [-0.05, 0) is 36.8 Å². The summed E-state index contributed by atoms with van der Waals surface area (Å²) in [5, 5.41) is 12.2. The first kappa shape index (κ1) is 21.5. The minimum atomic E-state index is -0.347. The summed E-state index contributed by atoms with van der Waals surface area (Å²) in [4.78, 5) is 35.1. The number of nitrogens with one attached hydrogen (secondary N) is 1. The quantitative estimate of drug-likeness (QED) is 0.402. The molecule has 168 valence electrons. The lowest BCUT2D eigenvalue weighted by atomic mass is 10.3. The van der Waals surface area contributed by atoms with E-state index in [0.29, 0.717) is 51.7 Å². The summed E-state index contributed by atoms with van der Waals surface area (Å²) in [6, 6.07) is 9.78. The van der Waals surface area contributed by atoms with Crippen LogP contribution in [0, 0.1) is 5.82 Å². The number of amides is 2. The molecule has 0 spiro atoms. The minimum absolute atomic E-state index is 0.0674. The number of pyridine rings is 1. The first-order chi connectivity index (χ1) is 16.1. The maximum Gasteiger partial charge on any atom is 0.236 e. The molecular weight excluding hydrogens is 465 g/mol. The van der Waals surface area contributed by atoms with Crippen LogP contribution in [0.15, 0.2) is 47.8 Å². The van der Waals surface area contributed by atoms with Gasteiger partial charge in [0.2, 0.25) is 11.8 Å². The Hall–Kier alpha value is -3.38. The van der Waals surface area contributed by atoms with E-state index in [1.54, 1.807) is 21.7 Å². The topological polar surface area (TPSA) is 106 Å². The summed E-state index contributed by atoms with van der Waals surface area (Å²) in [5.41, 5.74) is 0.625. The Kier molecular flexibility index (Phi) is 6.01. The molecule has 4 heterocycles. The zero-order valence-electron chi connectivity index (χ0n) is 17.3. The highest BCUT2D eigenvalue weighted by Gasteiger charge is 2.24. The van der Waals surface area contributed by atoms with Crippen LogP contribution in [0.3, 0.4) is 0 Å². The Bertz CT molecular complexity index is 1320. The predicted molar refractivity (Wildman–Crippen MR) is 123 cm³/mol. The second-order valence-electron chi connectivity index (χ2n) is 7.31. The molecule has 0 aliphatic carbocycles. The maximum absolute atomic E-state index is 13.4. The molecule has 0 bridgehead atoms. The van der Waals surface area contributed by atoms with E-state index in [9.17, 15) is 14.0 Å². The zero-order valence-corrected chi connectivity index (χ0v) is 18.9. The SMILES string of the molecule is O=C(CSc1nnc(CN2CCCC2=O)n1-c1ccccn1)Nc1nc2ccc(F)cc2s1. The van der Waals surface area contributed by atoms with E-state index in [1.165, 1.54) is 35.2 Å². The molecule has 0 saturated carbocycles. The van der Waals surface area contributed by atoms with Crippen molar-refractivity contribution < 1.29 is 14.0 Å². The van der Waals surface area contributed by atoms with Gasteiger partial charge < -0.3 is 10.2 Å². The summed E-state index contributed by atoms with van der Waals surface area (Å²) in [6.07, 6.45) is 3.03. The van der Waals surface area contributed by atoms with Crippen LogP contribution in [0.2, 0.25) is 0 Å². The average molecular weight is 484 g/mol. The molecule has 1 fully saturated rings. The summed E-state index contributed by atoms with van der Waals surface area (Å²) in [6.45, 7) is 1.02. The predicted octanol–water partition coefficient (Wildman–Crippen LogP) is 3.26. The number of likely N-dealkylation sites (tertiary alicyclic amines) is 1. The third-order valence-corrected chi connectivity index (χ3v) is 6.87. The van der Waals surface area contributed by atoms with Crippen molar-refractivity contribution in [2.45, 2.75) is 24.5 Å². The van der Waals surface area contributed by atoms with E-state index in [1.807, 2.05) is 18.2 Å². The average Bonchev–Trinajstić information content (AvgIpc) is 3.51. The lowest BCUT2D eigenvalue weighted by Gasteiger charge is -2.16. The highest BCUT2D eigenvalue weighted by Crippen LogP contribution is 2.27. The molecule has 1 N–H and O–H groups in total. The lowest BCUT2D eigenvalue weighted by Crippen LogP contribution is -2.26. The van der Waals surface area contributed by atoms with Crippen molar-refractivity contribution in [3.8, 4) is 5.82 Å². The Morgan fingerprint density at radius 3 is 2.94 bits per heavy atom. The van der Waals surface area contributed by atoms with Crippen LogP contribution in [0.4, 0.5) is 9.52 Å². The number of thioether (sulfide) groups is 1. The van der Waals surface area contributed by atoms with Gasteiger partial charge in [0.25, 0.3) is 0 Å². The van der Waals surface area contributed by atoms with Gasteiger partial charge in [-0.25, -0.2) is 14.4 Å². The number of carbonyl (C=O) groups is 2. The van der Waals surface area contributed by atoms with Gasteiger partial charge >= 0.3 is 0 Å². The molecule has 4 aromatic rings. The molecule has 1 aliphatic heterocycles. The number of aromatic nitrogens is 5. The van der Waals surface area contributed by atoms with Crippen LogP contribution in [0.25, 0.3) is 16.0 Å². The second kappa shape index (κ2) is 9.24. The fourth-order valence-corrected chi connectivity index (χ4v) is 5.16. The molecule has 33 heavy (non-hydrogen) atoms. The summed E-state index contributed by atoms with van der Waals surface area (Å²) in [5.74, 6) is 0.735. The maximum atomic E-state index is 13.4. The second-order valence-corrected chi connectivity index (χ2v) is 9.28. The molecule has 1 aromatic carbocycles. The fraction of sp³-hybridized carbons (Fsp3) is 0.238. The Morgan fingerprint density at radius 1 is 1.24 bits per heavy atom. The van der Waals surface area contributed by atoms with Crippen LogP contribution in [0.1, 0.15) is 18.7 Å². The van der Waals surface area contributed by atoms with Crippen molar-refractivity contribution in [2.75, 3.05) is 17.6 Å². The number of rotatable bonds is 7. The van der Waals surface area contributed by atoms with E-state index in [4.69, 9.17) is 0 Å². The largest absolute Gasteiger partial charge is 0.335 e. The zero-order chi connectivity index (χ0) is 22.8. The molecule has 3 aromatic heterocycles. The van der Waals surface area contributed by atoms with Gasteiger partial charge in [-0.15, -0.1) is 10.2 Å². The standard InChI is InChI=1S/C21H18FN7O2S2/c22-13-6-7-14-15(10-13)33-20(24-14)25-18(30)12-32-21-27-26-17(11-28-9-3-5-19(28)31)29(21)16-4-1-2-8-23-16/h1-2,4,6-8,10H,3,5,9,11-12H2,(H,24,25,30). The molecule has 1 aliphatic rings. The van der Waals surface area contributed by atoms with Gasteiger partial charge in [0.15, 0.2) is 16.1 Å². The van der Waals surface area contributed by atoms with E-state index in [0.717, 1.165) is 6.42 Å². The van der Waals surface area contributed by atoms with Crippen molar-refractivity contribution in [1.82, 2.24) is 29.6 Å². The summed E-state index contributed by atoms with van der Waals surface area (Å²) in [7, 11) is 0. The van der Waals surface area contributed by atoms with Crippen LogP contribution >= 0.6 is 23.1 Å². The lowest BCUT2D eigenvalue weighted by molar-refractivity contribution is -0.128. The number of hydrogen-bond acceptors (Lipinski definition) is 8. The van der Waals surface area contributed by atoms with Crippen molar-refractivity contribution in [1.29, 1.82) is 0 Å². The van der Waals surface area contributed by atoms with E-state index < -0.39 is 0 Å². The van der Waals surface area contributed by atoms with Crippen molar-refractivity contribution >= 4 is 50.3 Å². The molecule has 0 radical (unpaired) electrons. The normalized spacial score (nSPS) is 13.7. The number of hydrogen-bond donors (Lipinski definition) is 1. The number of carbonyl (C=O) groups excluding carboxylic acids is 2. The van der Waals surface area contributed by atoms with Gasteiger partial charge in [0.05, 0.1) is 22.5 Å². The number of benzene rings is 1. The smallest absolute Gasteiger partial charge is 0.236 e. The van der Waals surface area contributed by atoms with Gasteiger partial charge in [0.1, 0.15) is 11.6 Å². The summed E-state index contributed by atoms with van der Waals surface area (Å²) >= 11 is 2.42. The molecule has 9 nitrogen and oxygen atoms in total. The third kappa shape index (κ3) is 4.71. The number of nitrogens with zero attached hydrogens (tertiary/aromatic N) is 6. The molecule has 0 unspecified atom stereocenters. The van der Waals surface area contributed by atoms with Crippen LogP contribution in [0.5, 0.6) is 0 Å². The first-order valence-electron chi connectivity index (χ1n) is 10.2. The van der Waals surface area contributed by atoms with Crippen LogP contribution in [-0.2, 0) is 16.1 Å². The molecule has 2 amide bonds. The van der Waals surface area contributed by atoms with Crippen molar-refractivity contribution in [3.05, 3.63) is 54.2 Å². The summed E-state index contributed by atoms with van der Waals surface area (Å²) < 4.78 is 15.8. The van der Waals surface area contributed by atoms with E-state index >= 15 is 0 Å².